The molecule has 18 heavy (non-hydrogen) atoms. The van der Waals surface area contributed by atoms with Gasteiger partial charge in [-0.1, -0.05) is 17.7 Å². The molecule has 1 rings (SSSR count). The molecule has 0 fully saturated rings. The molecule has 1 N–H and O–H groups in total. The van der Waals surface area contributed by atoms with Crippen molar-refractivity contribution in [1.29, 1.82) is 0 Å². The van der Waals surface area contributed by atoms with Crippen molar-refractivity contribution in [3.05, 3.63) is 28.8 Å². The van der Waals surface area contributed by atoms with Gasteiger partial charge in [-0.3, -0.25) is 9.59 Å². The highest BCUT2D eigenvalue weighted by Gasteiger charge is 2.31. The molecule has 0 saturated carbocycles. The van der Waals surface area contributed by atoms with Gasteiger partial charge >= 0.3 is 5.97 Å². The van der Waals surface area contributed by atoms with E-state index in [0.717, 1.165) is 0 Å². The third-order valence-electron chi connectivity index (χ3n) is 2.88. The Morgan fingerprint density at radius 2 is 2.00 bits per heavy atom. The van der Waals surface area contributed by atoms with Crippen LogP contribution in [-0.2, 0) is 15.0 Å². The lowest BCUT2D eigenvalue weighted by molar-refractivity contribution is -0.141. The molecule has 0 aliphatic carbocycles. The van der Waals surface area contributed by atoms with Crippen LogP contribution in [0.1, 0.15) is 25.8 Å². The lowest BCUT2D eigenvalue weighted by Gasteiger charge is -2.23. The number of carboxylic acids is 1. The van der Waals surface area contributed by atoms with Crippen LogP contribution in [0.3, 0.4) is 0 Å². The van der Waals surface area contributed by atoms with E-state index in [9.17, 15) is 9.59 Å². The molecule has 0 unspecified atom stereocenters. The van der Waals surface area contributed by atoms with Crippen molar-refractivity contribution in [2.75, 3.05) is 7.11 Å². The average molecular weight is 271 g/mol. The van der Waals surface area contributed by atoms with Gasteiger partial charge in [0.05, 0.1) is 12.1 Å². The Kier molecular flexibility index (Phi) is 4.35. The van der Waals surface area contributed by atoms with Crippen LogP contribution < -0.4 is 4.74 Å². The fourth-order valence-electron chi connectivity index (χ4n) is 1.57. The van der Waals surface area contributed by atoms with Crippen molar-refractivity contribution < 1.29 is 19.4 Å². The SMILES string of the molecule is COc1cc(C(C)(C)C(=O)CC(=O)O)ccc1Cl. The number of aliphatic carboxylic acids is 1. The van der Waals surface area contributed by atoms with Gasteiger partial charge in [0.2, 0.25) is 0 Å². The first-order valence-corrected chi connectivity index (χ1v) is 5.76. The Labute approximate surface area is 111 Å². The summed E-state index contributed by atoms with van der Waals surface area (Å²) >= 11 is 5.91. The zero-order valence-corrected chi connectivity index (χ0v) is 11.2. The van der Waals surface area contributed by atoms with Crippen LogP contribution in [0.5, 0.6) is 5.75 Å². The normalized spacial score (nSPS) is 11.1. The lowest BCUT2D eigenvalue weighted by atomic mass is 9.79. The molecule has 0 radical (unpaired) electrons. The standard InChI is InChI=1S/C13H15ClO4/c1-13(2,11(15)7-12(16)17)8-4-5-9(14)10(6-8)18-3/h4-6H,7H2,1-3H3,(H,16,17). The zero-order chi connectivity index (χ0) is 13.9. The van der Waals surface area contributed by atoms with Crippen LogP contribution in [0.4, 0.5) is 0 Å². The molecule has 98 valence electrons. The van der Waals surface area contributed by atoms with Crippen LogP contribution in [0.25, 0.3) is 0 Å². The van der Waals surface area contributed by atoms with Crippen LogP contribution in [0, 0.1) is 0 Å². The summed E-state index contributed by atoms with van der Waals surface area (Å²) in [6.07, 6.45) is -0.502. The molecular formula is C13H15ClO4. The highest BCUT2D eigenvalue weighted by atomic mass is 35.5. The minimum absolute atomic E-state index is 0.362. The van der Waals surface area contributed by atoms with Gasteiger partial charge < -0.3 is 9.84 Å². The predicted molar refractivity (Wildman–Crippen MR) is 68.3 cm³/mol. The maximum atomic E-state index is 11.9. The van der Waals surface area contributed by atoms with Gasteiger partial charge in [-0.15, -0.1) is 0 Å². The van der Waals surface area contributed by atoms with E-state index in [1.54, 1.807) is 32.0 Å². The second-order valence-corrected chi connectivity index (χ2v) is 4.88. The summed E-state index contributed by atoms with van der Waals surface area (Å²) in [6.45, 7) is 3.36. The average Bonchev–Trinajstić information content (AvgIpc) is 2.28. The number of carboxylic acid groups (broad SMARTS) is 1. The second-order valence-electron chi connectivity index (χ2n) is 4.47. The lowest BCUT2D eigenvalue weighted by Crippen LogP contribution is -2.30. The number of ether oxygens (including phenoxy) is 1. The fourth-order valence-corrected chi connectivity index (χ4v) is 1.76. The summed E-state index contributed by atoms with van der Waals surface area (Å²) in [7, 11) is 1.48. The maximum absolute atomic E-state index is 11.9. The first-order chi connectivity index (χ1) is 8.28. The first kappa shape index (κ1) is 14.5. The Bertz CT molecular complexity index is 480. The molecule has 0 spiro atoms. The van der Waals surface area contributed by atoms with Crippen LogP contribution >= 0.6 is 11.6 Å². The molecule has 0 amide bonds. The molecule has 0 aromatic heterocycles. The van der Waals surface area contributed by atoms with Crippen molar-refractivity contribution in [1.82, 2.24) is 0 Å². The molecule has 0 bridgehead atoms. The quantitative estimate of drug-likeness (QED) is 0.836. The Morgan fingerprint density at radius 3 is 2.50 bits per heavy atom. The number of Topliss-reactive ketones (excluding diaryl/α,β-unsaturated/α-hetero) is 1. The van der Waals surface area contributed by atoms with E-state index >= 15 is 0 Å². The summed E-state index contributed by atoms with van der Waals surface area (Å²) in [5.41, 5.74) is -0.217. The predicted octanol–water partition coefficient (Wildman–Crippen LogP) is 2.67. The summed E-state index contributed by atoms with van der Waals surface area (Å²) < 4.78 is 5.08. The summed E-state index contributed by atoms with van der Waals surface area (Å²) in [6, 6.07) is 4.98. The number of hydrogen-bond acceptors (Lipinski definition) is 3. The highest BCUT2D eigenvalue weighted by Crippen LogP contribution is 2.32. The number of methoxy groups -OCH3 is 1. The van der Waals surface area contributed by atoms with Crippen LogP contribution in [-0.4, -0.2) is 24.0 Å². The van der Waals surface area contributed by atoms with Crippen molar-refractivity contribution in [3.63, 3.8) is 0 Å². The monoisotopic (exact) mass is 270 g/mol. The molecule has 0 atom stereocenters. The minimum atomic E-state index is -1.13. The maximum Gasteiger partial charge on any atom is 0.310 e. The van der Waals surface area contributed by atoms with E-state index in [1.807, 2.05) is 0 Å². The fraction of sp³-hybridized carbons (Fsp3) is 0.385. The van der Waals surface area contributed by atoms with Gasteiger partial charge in [0, 0.05) is 5.41 Å². The van der Waals surface area contributed by atoms with Gasteiger partial charge in [-0.25, -0.2) is 0 Å². The van der Waals surface area contributed by atoms with Gasteiger partial charge in [0.1, 0.15) is 12.2 Å². The van der Waals surface area contributed by atoms with Crippen molar-refractivity contribution >= 4 is 23.4 Å². The third kappa shape index (κ3) is 3.01. The van der Waals surface area contributed by atoms with E-state index < -0.39 is 17.8 Å². The molecule has 1 aromatic carbocycles. The second kappa shape index (κ2) is 5.40. The van der Waals surface area contributed by atoms with Crippen LogP contribution in [0.2, 0.25) is 5.02 Å². The van der Waals surface area contributed by atoms with Gasteiger partial charge in [-0.2, -0.15) is 0 Å². The molecule has 5 heteroatoms. The molecule has 4 nitrogen and oxygen atoms in total. The molecule has 0 aliphatic rings. The Hall–Kier alpha value is -1.55. The number of benzene rings is 1. The molecular weight excluding hydrogens is 256 g/mol. The largest absolute Gasteiger partial charge is 0.495 e. The summed E-state index contributed by atoms with van der Waals surface area (Å²) in [5, 5.41) is 9.12. The van der Waals surface area contributed by atoms with Gasteiger partial charge in [-0.05, 0) is 31.5 Å². The zero-order valence-electron chi connectivity index (χ0n) is 10.5. The number of rotatable bonds is 5. The smallest absolute Gasteiger partial charge is 0.310 e. The Morgan fingerprint density at radius 1 is 1.39 bits per heavy atom. The van der Waals surface area contributed by atoms with Crippen LogP contribution in [0.15, 0.2) is 18.2 Å². The van der Waals surface area contributed by atoms with E-state index in [1.165, 1.54) is 7.11 Å². The summed E-state index contributed by atoms with van der Waals surface area (Å²) in [5.74, 6) is -1.03. The molecule has 0 aliphatic heterocycles. The first-order valence-electron chi connectivity index (χ1n) is 5.38. The number of halogens is 1. The van der Waals surface area contributed by atoms with E-state index in [0.29, 0.717) is 16.3 Å². The molecule has 0 saturated heterocycles. The molecule has 1 aromatic rings. The van der Waals surface area contributed by atoms with E-state index in [-0.39, 0.29) is 5.78 Å². The number of hydrogen-bond donors (Lipinski definition) is 1. The topological polar surface area (TPSA) is 63.6 Å². The minimum Gasteiger partial charge on any atom is -0.495 e. The van der Waals surface area contributed by atoms with Gasteiger partial charge in [0.15, 0.2) is 5.78 Å². The van der Waals surface area contributed by atoms with Gasteiger partial charge in [0.25, 0.3) is 0 Å². The molecule has 0 heterocycles. The number of ketones is 1. The number of carbonyl (C=O) groups excluding carboxylic acids is 1. The summed E-state index contributed by atoms with van der Waals surface area (Å²) in [4.78, 5) is 22.5. The third-order valence-corrected chi connectivity index (χ3v) is 3.19. The van der Waals surface area contributed by atoms with Crippen molar-refractivity contribution in [2.45, 2.75) is 25.7 Å². The van der Waals surface area contributed by atoms with Crippen molar-refractivity contribution in [3.8, 4) is 5.75 Å². The van der Waals surface area contributed by atoms with Crippen molar-refractivity contribution in [2.24, 2.45) is 0 Å². The highest BCUT2D eigenvalue weighted by molar-refractivity contribution is 6.32. The Balaban J connectivity index is 3.11. The van der Waals surface area contributed by atoms with E-state index in [2.05, 4.69) is 0 Å². The van der Waals surface area contributed by atoms with E-state index in [4.69, 9.17) is 21.4 Å². The number of carbonyl (C=O) groups is 2.